The van der Waals surface area contributed by atoms with Crippen LogP contribution in [0.2, 0.25) is 0 Å². The zero-order chi connectivity index (χ0) is 22.5. The molecule has 0 spiro atoms. The predicted molar refractivity (Wildman–Crippen MR) is 120 cm³/mol. The number of esters is 1. The number of ketones is 1. The van der Waals surface area contributed by atoms with Gasteiger partial charge in [-0.1, -0.05) is 30.3 Å². The normalized spacial score (nSPS) is 18.1. The fourth-order valence-electron chi connectivity index (χ4n) is 4.27. The fourth-order valence-corrected chi connectivity index (χ4v) is 4.27. The zero-order valence-electron chi connectivity index (χ0n) is 18.4. The van der Waals surface area contributed by atoms with Gasteiger partial charge in [0.05, 0.1) is 12.7 Å². The van der Waals surface area contributed by atoms with Crippen molar-refractivity contribution in [1.29, 1.82) is 0 Å². The van der Waals surface area contributed by atoms with Gasteiger partial charge in [-0.25, -0.2) is 4.79 Å². The Hall–Kier alpha value is -3.54. The lowest BCUT2D eigenvalue weighted by molar-refractivity contribution is -0.140. The maximum atomic E-state index is 13.2. The van der Waals surface area contributed by atoms with Crippen LogP contribution in [0.3, 0.4) is 0 Å². The van der Waals surface area contributed by atoms with E-state index >= 15 is 0 Å². The SMILES string of the molecule is COc1ccc([C@H]2C(C(=O)OCCOc3ccccc3)=C(C)NC3=C2C(=O)CCC3)cc1. The Morgan fingerprint density at radius 1 is 1.00 bits per heavy atom. The molecule has 2 aromatic carbocycles. The summed E-state index contributed by atoms with van der Waals surface area (Å²) < 4.78 is 16.5. The molecule has 166 valence electrons. The molecule has 0 unspecified atom stereocenters. The first-order chi connectivity index (χ1) is 15.6. The average Bonchev–Trinajstić information content (AvgIpc) is 2.82. The second-order valence-corrected chi connectivity index (χ2v) is 7.84. The summed E-state index contributed by atoms with van der Waals surface area (Å²) in [5.74, 6) is 0.599. The van der Waals surface area contributed by atoms with Crippen molar-refractivity contribution in [3.63, 3.8) is 0 Å². The van der Waals surface area contributed by atoms with E-state index in [0.717, 1.165) is 35.6 Å². The van der Waals surface area contributed by atoms with E-state index in [-0.39, 0.29) is 19.0 Å². The first-order valence-corrected chi connectivity index (χ1v) is 10.8. The Kier molecular flexibility index (Phi) is 6.59. The Morgan fingerprint density at radius 3 is 2.47 bits per heavy atom. The summed E-state index contributed by atoms with van der Waals surface area (Å²) in [6, 6.07) is 16.9. The molecular formula is C26H27NO5. The molecule has 2 aromatic rings. The van der Waals surface area contributed by atoms with Gasteiger partial charge in [0.25, 0.3) is 0 Å². The highest BCUT2D eigenvalue weighted by Crippen LogP contribution is 2.42. The lowest BCUT2D eigenvalue weighted by atomic mass is 9.75. The summed E-state index contributed by atoms with van der Waals surface area (Å²) in [4.78, 5) is 26.1. The van der Waals surface area contributed by atoms with Gasteiger partial charge in [-0.05, 0) is 49.6 Å². The number of hydrogen-bond acceptors (Lipinski definition) is 6. The molecule has 0 fully saturated rings. The summed E-state index contributed by atoms with van der Waals surface area (Å²) >= 11 is 0. The minimum atomic E-state index is -0.465. The highest BCUT2D eigenvalue weighted by Gasteiger charge is 2.39. The van der Waals surface area contributed by atoms with Gasteiger partial charge in [-0.2, -0.15) is 0 Å². The second kappa shape index (κ2) is 9.73. The third-order valence-electron chi connectivity index (χ3n) is 5.77. The molecule has 1 heterocycles. The molecule has 32 heavy (non-hydrogen) atoms. The minimum absolute atomic E-state index is 0.0739. The maximum Gasteiger partial charge on any atom is 0.336 e. The van der Waals surface area contributed by atoms with E-state index in [1.807, 2.05) is 61.5 Å². The molecule has 1 aliphatic heterocycles. The number of para-hydroxylation sites is 1. The van der Waals surface area contributed by atoms with Crippen molar-refractivity contribution in [3.8, 4) is 11.5 Å². The number of dihydropyridines is 1. The standard InChI is InChI=1S/C26H27NO5/c1-17-23(26(29)32-16-15-31-20-7-4-3-5-8-20)24(18-11-13-19(30-2)14-12-18)25-21(27-17)9-6-10-22(25)28/h3-5,7-8,11-14,24,27H,6,9-10,15-16H2,1-2H3/t24-/m0/s1. The van der Waals surface area contributed by atoms with Crippen LogP contribution >= 0.6 is 0 Å². The maximum absolute atomic E-state index is 13.2. The molecule has 1 aliphatic carbocycles. The van der Waals surface area contributed by atoms with Crippen molar-refractivity contribution >= 4 is 11.8 Å². The molecule has 0 bridgehead atoms. The summed E-state index contributed by atoms with van der Waals surface area (Å²) in [7, 11) is 1.61. The quantitative estimate of drug-likeness (QED) is 0.519. The number of nitrogens with one attached hydrogen (secondary N) is 1. The zero-order valence-corrected chi connectivity index (χ0v) is 18.4. The van der Waals surface area contributed by atoms with Crippen LogP contribution in [0, 0.1) is 0 Å². The summed E-state index contributed by atoms with van der Waals surface area (Å²) in [5, 5.41) is 3.30. The Bertz CT molecular complexity index is 1050. The highest BCUT2D eigenvalue weighted by molar-refractivity contribution is 6.03. The van der Waals surface area contributed by atoms with Crippen LogP contribution in [-0.2, 0) is 14.3 Å². The molecule has 0 amide bonds. The van der Waals surface area contributed by atoms with Crippen LogP contribution in [0.1, 0.15) is 37.7 Å². The van der Waals surface area contributed by atoms with Crippen molar-refractivity contribution in [2.75, 3.05) is 20.3 Å². The number of benzene rings is 2. The molecule has 6 heteroatoms. The van der Waals surface area contributed by atoms with Gasteiger partial charge in [0.2, 0.25) is 0 Å². The Balaban J connectivity index is 1.56. The lowest BCUT2D eigenvalue weighted by Crippen LogP contribution is -2.34. The molecule has 0 saturated heterocycles. The molecule has 4 rings (SSSR count). The Morgan fingerprint density at radius 2 is 1.75 bits per heavy atom. The fraction of sp³-hybridized carbons (Fsp3) is 0.308. The molecule has 6 nitrogen and oxygen atoms in total. The number of carbonyl (C=O) groups is 2. The monoisotopic (exact) mass is 433 g/mol. The van der Waals surface area contributed by atoms with Gasteiger partial charge in [0.1, 0.15) is 24.7 Å². The minimum Gasteiger partial charge on any atom is -0.497 e. The topological polar surface area (TPSA) is 73.9 Å². The number of carbonyl (C=O) groups excluding carboxylic acids is 2. The number of rotatable bonds is 7. The van der Waals surface area contributed by atoms with Crippen LogP contribution in [0.15, 0.2) is 77.1 Å². The van der Waals surface area contributed by atoms with Crippen molar-refractivity contribution in [1.82, 2.24) is 5.32 Å². The molecule has 0 saturated carbocycles. The summed E-state index contributed by atoms with van der Waals surface area (Å²) in [6.07, 6.45) is 2.08. The van der Waals surface area contributed by atoms with Crippen LogP contribution in [0.25, 0.3) is 0 Å². The first kappa shape index (κ1) is 21.7. The van der Waals surface area contributed by atoms with Crippen molar-refractivity contribution < 1.29 is 23.8 Å². The van der Waals surface area contributed by atoms with Crippen molar-refractivity contribution in [2.45, 2.75) is 32.1 Å². The van der Waals surface area contributed by atoms with E-state index in [1.54, 1.807) is 7.11 Å². The summed E-state index contributed by atoms with van der Waals surface area (Å²) in [5.41, 5.74) is 3.61. The second-order valence-electron chi connectivity index (χ2n) is 7.84. The molecule has 1 N–H and O–H groups in total. The number of allylic oxidation sites excluding steroid dienone is 3. The molecular weight excluding hydrogens is 406 g/mol. The van der Waals surface area contributed by atoms with Gasteiger partial charge in [-0.3, -0.25) is 4.79 Å². The van der Waals surface area contributed by atoms with Gasteiger partial charge in [-0.15, -0.1) is 0 Å². The van der Waals surface area contributed by atoms with E-state index in [2.05, 4.69) is 5.32 Å². The van der Waals surface area contributed by atoms with E-state index in [1.165, 1.54) is 0 Å². The van der Waals surface area contributed by atoms with E-state index in [0.29, 0.717) is 23.3 Å². The third kappa shape index (κ3) is 4.54. The van der Waals surface area contributed by atoms with Gasteiger partial charge < -0.3 is 19.5 Å². The average molecular weight is 434 g/mol. The molecule has 0 aromatic heterocycles. The summed E-state index contributed by atoms with van der Waals surface area (Å²) in [6.45, 7) is 2.21. The number of methoxy groups -OCH3 is 1. The van der Waals surface area contributed by atoms with Crippen molar-refractivity contribution in [2.24, 2.45) is 0 Å². The van der Waals surface area contributed by atoms with Gasteiger partial charge >= 0.3 is 5.97 Å². The lowest BCUT2D eigenvalue weighted by Gasteiger charge is -2.34. The smallest absolute Gasteiger partial charge is 0.336 e. The van der Waals surface area contributed by atoms with E-state index < -0.39 is 11.9 Å². The largest absolute Gasteiger partial charge is 0.497 e. The van der Waals surface area contributed by atoms with Crippen LogP contribution in [-0.4, -0.2) is 32.1 Å². The molecule has 1 atom stereocenters. The van der Waals surface area contributed by atoms with Crippen LogP contribution in [0.5, 0.6) is 11.5 Å². The number of Topliss-reactive ketones (excluding diaryl/α,β-unsaturated/α-hetero) is 1. The predicted octanol–water partition coefficient (Wildman–Crippen LogP) is 4.29. The first-order valence-electron chi connectivity index (χ1n) is 10.8. The van der Waals surface area contributed by atoms with Crippen LogP contribution in [0.4, 0.5) is 0 Å². The van der Waals surface area contributed by atoms with Crippen LogP contribution < -0.4 is 14.8 Å². The number of hydrogen-bond donors (Lipinski definition) is 1. The highest BCUT2D eigenvalue weighted by atomic mass is 16.6. The van der Waals surface area contributed by atoms with Gasteiger partial charge in [0.15, 0.2) is 5.78 Å². The Labute approximate surface area is 187 Å². The third-order valence-corrected chi connectivity index (χ3v) is 5.77. The molecule has 2 aliphatic rings. The number of ether oxygens (including phenoxy) is 3. The van der Waals surface area contributed by atoms with Gasteiger partial charge in [0, 0.05) is 29.3 Å². The van der Waals surface area contributed by atoms with E-state index in [4.69, 9.17) is 14.2 Å². The van der Waals surface area contributed by atoms with E-state index in [9.17, 15) is 9.59 Å². The van der Waals surface area contributed by atoms with Crippen molar-refractivity contribution in [3.05, 3.63) is 82.7 Å². The molecule has 0 radical (unpaired) electrons.